The normalized spacial score (nSPS) is 23.8. The largest absolute Gasteiger partial charge is 0.427 e. The summed E-state index contributed by atoms with van der Waals surface area (Å²) in [4.78, 5) is 27.2. The fourth-order valence-electron chi connectivity index (χ4n) is 4.76. The summed E-state index contributed by atoms with van der Waals surface area (Å²) in [5.41, 5.74) is 1.58. The predicted molar refractivity (Wildman–Crippen MR) is 106 cm³/mol. The van der Waals surface area contributed by atoms with Crippen LogP contribution in [0.3, 0.4) is 0 Å². The molecule has 1 saturated heterocycles. The van der Waals surface area contributed by atoms with Gasteiger partial charge in [-0.15, -0.1) is 0 Å². The van der Waals surface area contributed by atoms with Crippen LogP contribution in [0.15, 0.2) is 45.6 Å². The second kappa shape index (κ2) is 7.92. The Labute approximate surface area is 165 Å². The van der Waals surface area contributed by atoms with E-state index in [9.17, 15) is 14.7 Å². The molecule has 1 saturated carbocycles. The lowest BCUT2D eigenvalue weighted by atomic mass is 10.0. The molecule has 2 aromatic rings. The lowest BCUT2D eigenvalue weighted by Crippen LogP contribution is -2.34. The number of hydrogen-bond acceptors (Lipinski definition) is 4. The van der Waals surface area contributed by atoms with Gasteiger partial charge < -0.3 is 14.4 Å². The Morgan fingerprint density at radius 3 is 2.46 bits per heavy atom. The van der Waals surface area contributed by atoms with E-state index in [4.69, 9.17) is 4.42 Å². The molecule has 0 bridgehead atoms. The summed E-state index contributed by atoms with van der Waals surface area (Å²) in [7, 11) is 0. The highest BCUT2D eigenvalue weighted by Crippen LogP contribution is 2.38. The molecule has 0 radical (unpaired) electrons. The second-order valence-corrected chi connectivity index (χ2v) is 8.25. The number of likely N-dealkylation sites (tertiary alicyclic amines) is 1. The van der Waals surface area contributed by atoms with Gasteiger partial charge in [-0.05, 0) is 61.6 Å². The molecule has 28 heavy (non-hydrogen) atoms. The zero-order chi connectivity index (χ0) is 19.7. The van der Waals surface area contributed by atoms with Crippen molar-refractivity contribution in [3.05, 3.63) is 69.3 Å². The number of aryl methyl sites for hydroxylation is 3. The van der Waals surface area contributed by atoms with Crippen molar-refractivity contribution < 1.29 is 14.3 Å². The van der Waals surface area contributed by atoms with Crippen molar-refractivity contribution in [3.8, 4) is 0 Å². The van der Waals surface area contributed by atoms with Crippen LogP contribution in [0, 0.1) is 18.8 Å². The number of benzene rings is 1. The minimum absolute atomic E-state index is 0.160. The molecule has 2 aliphatic rings. The average molecular weight is 381 g/mol. The van der Waals surface area contributed by atoms with Crippen LogP contribution in [0.2, 0.25) is 0 Å². The summed E-state index contributed by atoms with van der Waals surface area (Å²) >= 11 is 0. The third-order valence-corrected chi connectivity index (χ3v) is 6.16. The number of fused-ring (bicyclic) bond motifs is 1. The highest BCUT2D eigenvalue weighted by atomic mass is 16.4. The second-order valence-electron chi connectivity index (χ2n) is 8.25. The first-order chi connectivity index (χ1) is 13.5. The molecule has 1 unspecified atom stereocenters. The van der Waals surface area contributed by atoms with E-state index in [0.717, 1.165) is 25.7 Å². The van der Waals surface area contributed by atoms with Crippen molar-refractivity contribution in [2.75, 3.05) is 13.1 Å². The quantitative estimate of drug-likeness (QED) is 0.864. The van der Waals surface area contributed by atoms with E-state index in [2.05, 4.69) is 12.1 Å². The third-order valence-electron chi connectivity index (χ3n) is 6.16. The number of rotatable bonds is 5. The zero-order valence-corrected chi connectivity index (χ0v) is 16.3. The van der Waals surface area contributed by atoms with Gasteiger partial charge in [0.15, 0.2) is 0 Å². The van der Waals surface area contributed by atoms with Crippen LogP contribution < -0.4 is 5.63 Å². The summed E-state index contributed by atoms with van der Waals surface area (Å²) < 4.78 is 5.48. The molecule has 2 heterocycles. The van der Waals surface area contributed by atoms with Gasteiger partial charge >= 0.3 is 5.63 Å². The van der Waals surface area contributed by atoms with Gasteiger partial charge in [0.2, 0.25) is 0 Å². The standard InChI is InChI=1S/C23H27NO4/c1-15-10-20(9-5-8-16-6-3-2-4-7-16)28-23(27)21(15)22(26)24-13-17-11-19(25)12-18(17)14-24/h2-4,6-7,10,17-19,25H,5,8-9,11-14H2,1H3/t17-,18+,19?. The van der Waals surface area contributed by atoms with Crippen molar-refractivity contribution in [2.45, 2.75) is 45.1 Å². The van der Waals surface area contributed by atoms with Crippen LogP contribution in [-0.2, 0) is 12.8 Å². The fourth-order valence-corrected chi connectivity index (χ4v) is 4.76. The number of amides is 1. The SMILES string of the molecule is Cc1cc(CCCc2ccccc2)oc(=O)c1C(=O)N1C[C@H]2CC(O)C[C@H]2C1. The minimum atomic E-state index is -0.531. The first kappa shape index (κ1) is 18.9. The molecule has 1 N–H and O–H groups in total. The Bertz CT molecular complexity index is 891. The number of aliphatic hydroxyl groups excluding tert-OH is 1. The molecular weight excluding hydrogens is 354 g/mol. The van der Waals surface area contributed by atoms with E-state index >= 15 is 0 Å². The molecule has 5 heteroatoms. The number of carbonyl (C=O) groups excluding carboxylic acids is 1. The van der Waals surface area contributed by atoms with Crippen LogP contribution in [0.4, 0.5) is 0 Å². The van der Waals surface area contributed by atoms with Crippen molar-refractivity contribution in [1.82, 2.24) is 4.90 Å². The molecular formula is C23H27NO4. The van der Waals surface area contributed by atoms with Gasteiger partial charge in [-0.25, -0.2) is 4.79 Å². The first-order valence-electron chi connectivity index (χ1n) is 10.2. The highest BCUT2D eigenvalue weighted by Gasteiger charge is 2.42. The number of hydrogen-bond donors (Lipinski definition) is 1. The highest BCUT2D eigenvalue weighted by molar-refractivity contribution is 5.95. The topological polar surface area (TPSA) is 70.8 Å². The van der Waals surface area contributed by atoms with Crippen LogP contribution in [0.5, 0.6) is 0 Å². The molecule has 1 aromatic heterocycles. The van der Waals surface area contributed by atoms with E-state index in [-0.39, 0.29) is 17.6 Å². The molecule has 3 atom stereocenters. The molecule has 1 aliphatic carbocycles. The molecule has 4 rings (SSSR count). The monoisotopic (exact) mass is 381 g/mol. The Hall–Kier alpha value is -2.40. The van der Waals surface area contributed by atoms with Gasteiger partial charge in [-0.2, -0.15) is 0 Å². The van der Waals surface area contributed by atoms with Gasteiger partial charge in [0.05, 0.1) is 6.10 Å². The molecule has 2 fully saturated rings. The Morgan fingerprint density at radius 2 is 1.82 bits per heavy atom. The zero-order valence-electron chi connectivity index (χ0n) is 16.3. The molecule has 1 aromatic carbocycles. The Kier molecular flexibility index (Phi) is 5.36. The van der Waals surface area contributed by atoms with Crippen molar-refractivity contribution in [2.24, 2.45) is 11.8 Å². The van der Waals surface area contributed by atoms with Gasteiger partial charge in [-0.3, -0.25) is 4.79 Å². The van der Waals surface area contributed by atoms with Gasteiger partial charge in [0, 0.05) is 19.5 Å². The summed E-state index contributed by atoms with van der Waals surface area (Å²) in [5, 5.41) is 9.77. The summed E-state index contributed by atoms with van der Waals surface area (Å²) in [5.74, 6) is 1.11. The number of carbonyl (C=O) groups is 1. The molecule has 5 nitrogen and oxygen atoms in total. The van der Waals surface area contributed by atoms with E-state index in [1.54, 1.807) is 4.90 Å². The van der Waals surface area contributed by atoms with Crippen molar-refractivity contribution >= 4 is 5.91 Å². The van der Waals surface area contributed by atoms with Crippen molar-refractivity contribution in [1.29, 1.82) is 0 Å². The van der Waals surface area contributed by atoms with Gasteiger partial charge in [-0.1, -0.05) is 30.3 Å². The molecule has 148 valence electrons. The molecule has 0 spiro atoms. The third kappa shape index (κ3) is 3.90. The van der Waals surface area contributed by atoms with E-state index in [1.165, 1.54) is 5.56 Å². The smallest absolute Gasteiger partial charge is 0.349 e. The lowest BCUT2D eigenvalue weighted by molar-refractivity contribution is 0.0759. The molecule has 1 amide bonds. The fraction of sp³-hybridized carbons (Fsp3) is 0.478. The van der Waals surface area contributed by atoms with Crippen LogP contribution in [0.25, 0.3) is 0 Å². The maximum absolute atomic E-state index is 12.9. The average Bonchev–Trinajstić information content (AvgIpc) is 3.19. The van der Waals surface area contributed by atoms with Crippen LogP contribution in [-0.4, -0.2) is 35.1 Å². The Morgan fingerprint density at radius 1 is 1.14 bits per heavy atom. The first-order valence-corrected chi connectivity index (χ1v) is 10.2. The lowest BCUT2D eigenvalue weighted by Gasteiger charge is -2.18. The van der Waals surface area contributed by atoms with Gasteiger partial charge in [0.1, 0.15) is 11.3 Å². The maximum atomic E-state index is 12.9. The predicted octanol–water partition coefficient (Wildman–Crippen LogP) is 2.97. The van der Waals surface area contributed by atoms with E-state index in [0.29, 0.717) is 42.7 Å². The van der Waals surface area contributed by atoms with Crippen molar-refractivity contribution in [3.63, 3.8) is 0 Å². The summed E-state index contributed by atoms with van der Waals surface area (Å²) in [6, 6.07) is 12.1. The van der Waals surface area contributed by atoms with Crippen LogP contribution in [0.1, 0.15) is 46.5 Å². The van der Waals surface area contributed by atoms with Crippen LogP contribution >= 0.6 is 0 Å². The Balaban J connectivity index is 1.41. The maximum Gasteiger partial charge on any atom is 0.349 e. The van der Waals surface area contributed by atoms with E-state index < -0.39 is 5.63 Å². The summed E-state index contributed by atoms with van der Waals surface area (Å²) in [6.07, 6.45) is 3.74. The number of aliphatic hydroxyl groups is 1. The minimum Gasteiger partial charge on any atom is -0.427 e. The summed E-state index contributed by atoms with van der Waals surface area (Å²) in [6.45, 7) is 3.06. The van der Waals surface area contributed by atoms with Gasteiger partial charge in [0.25, 0.3) is 5.91 Å². The number of nitrogens with zero attached hydrogens (tertiary/aromatic N) is 1. The van der Waals surface area contributed by atoms with E-state index in [1.807, 2.05) is 31.2 Å². The molecule has 1 aliphatic heterocycles.